The van der Waals surface area contributed by atoms with Gasteiger partial charge in [0.1, 0.15) is 0 Å². The molecule has 1 rings (SSSR count). The molecule has 0 heterocycles. The van der Waals surface area contributed by atoms with Gasteiger partial charge in [0.25, 0.3) is 0 Å². The minimum absolute atomic E-state index is 0.00183. The Morgan fingerprint density at radius 1 is 1.12 bits per heavy atom. The van der Waals surface area contributed by atoms with Gasteiger partial charge in [-0.2, -0.15) is 4.72 Å². The number of ether oxygens (including phenoxy) is 2. The molecule has 24 heavy (non-hydrogen) atoms. The summed E-state index contributed by atoms with van der Waals surface area (Å²) in [5.41, 5.74) is 0. The zero-order valence-electron chi connectivity index (χ0n) is 14.8. The second-order valence-corrected chi connectivity index (χ2v) is 7.55. The molecule has 0 radical (unpaired) electrons. The Morgan fingerprint density at radius 3 is 2.29 bits per heavy atom. The van der Waals surface area contributed by atoms with Gasteiger partial charge in [-0.1, -0.05) is 13.8 Å². The molecule has 8 heteroatoms. The minimum atomic E-state index is -3.85. The van der Waals surface area contributed by atoms with Crippen molar-refractivity contribution in [1.82, 2.24) is 10.0 Å². The van der Waals surface area contributed by atoms with Crippen LogP contribution in [0.4, 0.5) is 0 Å². The average molecular weight is 358 g/mol. The van der Waals surface area contributed by atoms with E-state index in [1.165, 1.54) is 39.3 Å². The van der Waals surface area contributed by atoms with Crippen LogP contribution in [0.1, 0.15) is 27.2 Å². The summed E-state index contributed by atoms with van der Waals surface area (Å²) < 4.78 is 37.4. The molecule has 2 N–H and O–H groups in total. The van der Waals surface area contributed by atoms with Crippen LogP contribution >= 0.6 is 0 Å². The van der Waals surface area contributed by atoms with E-state index in [0.29, 0.717) is 24.0 Å². The molecule has 1 aromatic rings. The minimum Gasteiger partial charge on any atom is -0.493 e. The quantitative estimate of drug-likeness (QED) is 0.698. The second kappa shape index (κ2) is 8.89. The highest BCUT2D eigenvalue weighted by atomic mass is 32.2. The number of nitrogens with one attached hydrogen (secondary N) is 2. The summed E-state index contributed by atoms with van der Waals surface area (Å²) >= 11 is 0. The van der Waals surface area contributed by atoms with Gasteiger partial charge in [0.05, 0.1) is 25.2 Å². The van der Waals surface area contributed by atoms with Crippen molar-refractivity contribution in [2.75, 3.05) is 20.8 Å². The van der Waals surface area contributed by atoms with E-state index in [-0.39, 0.29) is 10.8 Å². The van der Waals surface area contributed by atoms with Crippen molar-refractivity contribution in [2.24, 2.45) is 5.92 Å². The highest BCUT2D eigenvalue weighted by molar-refractivity contribution is 7.89. The molecule has 1 aromatic carbocycles. The van der Waals surface area contributed by atoms with Crippen molar-refractivity contribution >= 4 is 15.9 Å². The van der Waals surface area contributed by atoms with Crippen LogP contribution in [0.3, 0.4) is 0 Å². The van der Waals surface area contributed by atoms with Gasteiger partial charge in [-0.25, -0.2) is 8.42 Å². The van der Waals surface area contributed by atoms with Gasteiger partial charge in [-0.15, -0.1) is 0 Å². The third-order valence-electron chi connectivity index (χ3n) is 3.41. The first-order valence-electron chi connectivity index (χ1n) is 7.73. The SMILES string of the molecule is COc1ccc(S(=O)(=O)NC(C)C(=O)NCCC(C)C)cc1OC. The zero-order chi connectivity index (χ0) is 18.3. The normalized spacial score (nSPS) is 12.8. The molecule has 7 nitrogen and oxygen atoms in total. The Hall–Kier alpha value is -1.80. The number of methoxy groups -OCH3 is 2. The van der Waals surface area contributed by atoms with E-state index in [1.54, 1.807) is 0 Å². The summed E-state index contributed by atoms with van der Waals surface area (Å²) in [6.45, 7) is 6.12. The number of hydrogen-bond acceptors (Lipinski definition) is 5. The highest BCUT2D eigenvalue weighted by Crippen LogP contribution is 2.29. The van der Waals surface area contributed by atoms with Crippen LogP contribution in [0.25, 0.3) is 0 Å². The molecule has 0 saturated carbocycles. The first-order chi connectivity index (χ1) is 11.2. The molecule has 0 fully saturated rings. The van der Waals surface area contributed by atoms with Crippen LogP contribution < -0.4 is 19.5 Å². The van der Waals surface area contributed by atoms with Crippen molar-refractivity contribution in [1.29, 1.82) is 0 Å². The summed E-state index contributed by atoms with van der Waals surface area (Å²) in [7, 11) is -0.961. The fraction of sp³-hybridized carbons (Fsp3) is 0.562. The van der Waals surface area contributed by atoms with Crippen LogP contribution in [0.5, 0.6) is 11.5 Å². The van der Waals surface area contributed by atoms with Gasteiger partial charge in [0, 0.05) is 12.6 Å². The predicted octanol–water partition coefficient (Wildman–Crippen LogP) is 1.53. The van der Waals surface area contributed by atoms with Crippen molar-refractivity contribution in [3.8, 4) is 11.5 Å². The molecule has 1 amide bonds. The Balaban J connectivity index is 2.80. The number of hydrogen-bond donors (Lipinski definition) is 2. The molecule has 0 bridgehead atoms. The van der Waals surface area contributed by atoms with Crippen LogP contribution in [-0.4, -0.2) is 41.1 Å². The van der Waals surface area contributed by atoms with E-state index < -0.39 is 16.1 Å². The van der Waals surface area contributed by atoms with E-state index in [2.05, 4.69) is 23.9 Å². The molecule has 0 aromatic heterocycles. The van der Waals surface area contributed by atoms with Gasteiger partial charge in [0.2, 0.25) is 15.9 Å². The highest BCUT2D eigenvalue weighted by Gasteiger charge is 2.23. The summed E-state index contributed by atoms with van der Waals surface area (Å²) in [6.07, 6.45) is 0.834. The van der Waals surface area contributed by atoms with Gasteiger partial charge >= 0.3 is 0 Å². The van der Waals surface area contributed by atoms with E-state index in [9.17, 15) is 13.2 Å². The summed E-state index contributed by atoms with van der Waals surface area (Å²) in [5, 5.41) is 2.72. The third-order valence-corrected chi connectivity index (χ3v) is 4.95. The van der Waals surface area contributed by atoms with Crippen molar-refractivity contribution in [3.63, 3.8) is 0 Å². The summed E-state index contributed by atoms with van der Waals surface area (Å²) in [4.78, 5) is 12.0. The van der Waals surface area contributed by atoms with E-state index in [1.807, 2.05) is 0 Å². The number of carbonyl (C=O) groups excluding carboxylic acids is 1. The number of sulfonamides is 1. The lowest BCUT2D eigenvalue weighted by molar-refractivity contribution is -0.122. The van der Waals surface area contributed by atoms with Crippen molar-refractivity contribution in [3.05, 3.63) is 18.2 Å². The first-order valence-corrected chi connectivity index (χ1v) is 9.21. The lowest BCUT2D eigenvalue weighted by Crippen LogP contribution is -2.45. The molecule has 0 aliphatic carbocycles. The number of benzene rings is 1. The largest absolute Gasteiger partial charge is 0.493 e. The van der Waals surface area contributed by atoms with Gasteiger partial charge in [0.15, 0.2) is 11.5 Å². The smallest absolute Gasteiger partial charge is 0.241 e. The molecule has 1 atom stereocenters. The molecule has 0 aliphatic heterocycles. The predicted molar refractivity (Wildman–Crippen MR) is 91.8 cm³/mol. The number of carbonyl (C=O) groups is 1. The Bertz CT molecular complexity index is 658. The molecular formula is C16H26N2O5S. The molecule has 0 saturated heterocycles. The maximum atomic E-state index is 12.4. The Kier molecular flexibility index (Phi) is 7.50. The van der Waals surface area contributed by atoms with Crippen LogP contribution in [0.2, 0.25) is 0 Å². The molecule has 0 aliphatic rings. The maximum absolute atomic E-state index is 12.4. The van der Waals surface area contributed by atoms with E-state index >= 15 is 0 Å². The second-order valence-electron chi connectivity index (χ2n) is 5.83. The van der Waals surface area contributed by atoms with Crippen molar-refractivity contribution < 1.29 is 22.7 Å². The van der Waals surface area contributed by atoms with E-state index in [0.717, 1.165) is 6.42 Å². The summed E-state index contributed by atoms with van der Waals surface area (Å²) in [6, 6.07) is 3.37. The fourth-order valence-corrected chi connectivity index (χ4v) is 3.19. The molecule has 1 unspecified atom stereocenters. The molecular weight excluding hydrogens is 332 g/mol. The Morgan fingerprint density at radius 2 is 1.75 bits per heavy atom. The third kappa shape index (κ3) is 5.68. The lowest BCUT2D eigenvalue weighted by atomic mass is 10.1. The average Bonchev–Trinajstić information content (AvgIpc) is 2.53. The molecule has 136 valence electrons. The van der Waals surface area contributed by atoms with Gasteiger partial charge < -0.3 is 14.8 Å². The van der Waals surface area contributed by atoms with Crippen LogP contribution in [-0.2, 0) is 14.8 Å². The number of amides is 1. The monoisotopic (exact) mass is 358 g/mol. The van der Waals surface area contributed by atoms with Gasteiger partial charge in [-0.05, 0) is 31.4 Å². The van der Waals surface area contributed by atoms with E-state index in [4.69, 9.17) is 9.47 Å². The maximum Gasteiger partial charge on any atom is 0.241 e. The van der Waals surface area contributed by atoms with Crippen LogP contribution in [0, 0.1) is 5.92 Å². The lowest BCUT2D eigenvalue weighted by Gasteiger charge is -2.16. The molecule has 0 spiro atoms. The van der Waals surface area contributed by atoms with Crippen molar-refractivity contribution in [2.45, 2.75) is 38.1 Å². The number of rotatable bonds is 9. The zero-order valence-corrected chi connectivity index (χ0v) is 15.6. The van der Waals surface area contributed by atoms with Crippen LogP contribution in [0.15, 0.2) is 23.1 Å². The first kappa shape index (κ1) is 20.2. The van der Waals surface area contributed by atoms with Gasteiger partial charge in [-0.3, -0.25) is 4.79 Å². The fourth-order valence-electron chi connectivity index (χ4n) is 1.98. The summed E-state index contributed by atoms with van der Waals surface area (Å²) in [5.74, 6) is 0.828. The topological polar surface area (TPSA) is 93.7 Å². The standard InChI is InChI=1S/C16H26N2O5S/c1-11(2)8-9-17-16(19)12(3)18-24(20,21)13-6-7-14(22-4)15(10-13)23-5/h6-7,10-12,18H,8-9H2,1-5H3,(H,17,19). The Labute approximate surface area is 143 Å².